The Labute approximate surface area is 131 Å². The highest BCUT2D eigenvalue weighted by molar-refractivity contribution is 7.16. The van der Waals surface area contributed by atoms with Crippen LogP contribution in [-0.2, 0) is 6.42 Å². The van der Waals surface area contributed by atoms with Gasteiger partial charge in [-0.15, -0.1) is 11.3 Å². The van der Waals surface area contributed by atoms with E-state index in [2.05, 4.69) is 48.6 Å². The van der Waals surface area contributed by atoms with E-state index in [0.29, 0.717) is 6.04 Å². The third-order valence-electron chi connectivity index (χ3n) is 3.39. The first-order valence-corrected chi connectivity index (χ1v) is 8.51. The molecule has 0 bridgehead atoms. The summed E-state index contributed by atoms with van der Waals surface area (Å²) in [6.07, 6.45) is 4.64. The van der Waals surface area contributed by atoms with Crippen molar-refractivity contribution in [2.75, 3.05) is 6.54 Å². The molecule has 0 spiro atoms. The van der Waals surface area contributed by atoms with Crippen LogP contribution >= 0.6 is 22.9 Å². The minimum absolute atomic E-state index is 0.464. The second-order valence-electron chi connectivity index (χ2n) is 5.02. The smallest absolute Gasteiger partial charge is 0.0931 e. The lowest BCUT2D eigenvalue weighted by Gasteiger charge is -2.18. The van der Waals surface area contributed by atoms with Crippen LogP contribution in [0.3, 0.4) is 0 Å². The van der Waals surface area contributed by atoms with Gasteiger partial charge in [-0.2, -0.15) is 0 Å². The molecule has 1 N–H and O–H groups in total. The molecule has 1 nitrogen and oxygen atoms in total. The molecule has 1 aromatic carbocycles. The number of hydrogen-bond acceptors (Lipinski definition) is 2. The van der Waals surface area contributed by atoms with Crippen molar-refractivity contribution >= 4 is 22.9 Å². The molecule has 0 saturated heterocycles. The van der Waals surface area contributed by atoms with Gasteiger partial charge in [0.05, 0.1) is 4.34 Å². The molecule has 0 saturated carbocycles. The van der Waals surface area contributed by atoms with Gasteiger partial charge in [-0.3, -0.25) is 0 Å². The molecule has 20 heavy (non-hydrogen) atoms. The first-order valence-electron chi connectivity index (χ1n) is 7.32. The minimum Gasteiger partial charge on any atom is -0.310 e. The third kappa shape index (κ3) is 4.93. The summed E-state index contributed by atoms with van der Waals surface area (Å²) < 4.78 is 0.892. The lowest BCUT2D eigenvalue weighted by atomic mass is 10.0. The van der Waals surface area contributed by atoms with E-state index in [9.17, 15) is 0 Å². The van der Waals surface area contributed by atoms with Gasteiger partial charge >= 0.3 is 0 Å². The Morgan fingerprint density at radius 1 is 1.15 bits per heavy atom. The van der Waals surface area contributed by atoms with Gasteiger partial charge in [0.15, 0.2) is 0 Å². The van der Waals surface area contributed by atoms with Crippen molar-refractivity contribution in [2.45, 2.75) is 38.6 Å². The first-order chi connectivity index (χ1) is 9.79. The topological polar surface area (TPSA) is 12.0 Å². The largest absolute Gasteiger partial charge is 0.310 e. The quantitative estimate of drug-likeness (QED) is 0.682. The highest BCUT2D eigenvalue weighted by Gasteiger charge is 2.10. The van der Waals surface area contributed by atoms with Crippen LogP contribution < -0.4 is 5.32 Å². The van der Waals surface area contributed by atoms with Gasteiger partial charge in [0, 0.05) is 10.9 Å². The Balaban J connectivity index is 1.87. The van der Waals surface area contributed by atoms with Crippen LogP contribution in [0, 0.1) is 0 Å². The molecule has 1 atom stereocenters. The number of aryl methyl sites for hydroxylation is 1. The van der Waals surface area contributed by atoms with Crippen LogP contribution in [0.25, 0.3) is 0 Å². The van der Waals surface area contributed by atoms with Crippen molar-refractivity contribution in [3.05, 3.63) is 57.2 Å². The molecule has 3 heteroatoms. The fourth-order valence-electron chi connectivity index (χ4n) is 2.36. The summed E-state index contributed by atoms with van der Waals surface area (Å²) in [7, 11) is 0. The number of hydrogen-bond donors (Lipinski definition) is 1. The molecular formula is C17H22ClNS. The molecule has 0 fully saturated rings. The molecule has 1 unspecified atom stereocenters. The van der Waals surface area contributed by atoms with Crippen LogP contribution in [0.4, 0.5) is 0 Å². The molecule has 0 aliphatic carbocycles. The molecule has 2 aromatic rings. The molecule has 0 amide bonds. The van der Waals surface area contributed by atoms with E-state index in [-0.39, 0.29) is 0 Å². The average molecular weight is 308 g/mol. The van der Waals surface area contributed by atoms with Gasteiger partial charge < -0.3 is 5.32 Å². The summed E-state index contributed by atoms with van der Waals surface area (Å²) in [5, 5.41) is 3.65. The summed E-state index contributed by atoms with van der Waals surface area (Å²) in [6, 6.07) is 15.4. The normalized spacial score (nSPS) is 12.5. The van der Waals surface area contributed by atoms with Gasteiger partial charge in [-0.25, -0.2) is 0 Å². The number of benzene rings is 1. The molecule has 108 valence electrons. The molecule has 0 radical (unpaired) electrons. The predicted octanol–water partition coefficient (Wildman–Crippen LogP) is 5.47. The number of nitrogens with one attached hydrogen (secondary N) is 1. The molecule has 0 aliphatic heterocycles. The highest BCUT2D eigenvalue weighted by Crippen LogP contribution is 2.25. The number of halogens is 1. The van der Waals surface area contributed by atoms with E-state index in [1.54, 1.807) is 11.3 Å². The predicted molar refractivity (Wildman–Crippen MR) is 89.7 cm³/mol. The second kappa shape index (κ2) is 8.46. The zero-order valence-corrected chi connectivity index (χ0v) is 13.5. The summed E-state index contributed by atoms with van der Waals surface area (Å²) in [5.74, 6) is 0. The maximum atomic E-state index is 5.97. The van der Waals surface area contributed by atoms with Gasteiger partial charge in [0.25, 0.3) is 0 Å². The Morgan fingerprint density at radius 2 is 1.95 bits per heavy atom. The Hall–Kier alpha value is -0.830. The Morgan fingerprint density at radius 3 is 2.60 bits per heavy atom. The zero-order chi connectivity index (χ0) is 14.2. The maximum absolute atomic E-state index is 5.97. The fourth-order valence-corrected chi connectivity index (χ4v) is 3.49. The molecule has 1 aromatic heterocycles. The standard InChI is InChI=1S/C17H22ClNS/c1-2-13-19-16(14-7-4-3-5-8-14)10-6-9-15-11-12-17(18)20-15/h3-5,7-8,11-12,16,19H,2,6,9-10,13H2,1H3. The minimum atomic E-state index is 0.464. The molecular weight excluding hydrogens is 286 g/mol. The monoisotopic (exact) mass is 307 g/mol. The van der Waals surface area contributed by atoms with Crippen molar-refractivity contribution in [1.29, 1.82) is 0 Å². The van der Waals surface area contributed by atoms with Crippen molar-refractivity contribution in [3.8, 4) is 0 Å². The van der Waals surface area contributed by atoms with Gasteiger partial charge in [-0.1, -0.05) is 48.9 Å². The van der Waals surface area contributed by atoms with Gasteiger partial charge in [0.2, 0.25) is 0 Å². The molecule has 2 rings (SSSR count). The Bertz CT molecular complexity index is 495. The van der Waals surface area contributed by atoms with E-state index < -0.39 is 0 Å². The van der Waals surface area contributed by atoms with Crippen molar-refractivity contribution in [3.63, 3.8) is 0 Å². The number of rotatable bonds is 8. The van der Waals surface area contributed by atoms with Crippen molar-refractivity contribution in [2.24, 2.45) is 0 Å². The van der Waals surface area contributed by atoms with E-state index in [1.165, 1.54) is 29.7 Å². The fraction of sp³-hybridized carbons (Fsp3) is 0.412. The summed E-state index contributed by atoms with van der Waals surface area (Å²) in [6.45, 7) is 3.28. The van der Waals surface area contributed by atoms with Crippen molar-refractivity contribution < 1.29 is 0 Å². The SMILES string of the molecule is CCCNC(CCCc1ccc(Cl)s1)c1ccccc1. The van der Waals surface area contributed by atoms with Gasteiger partial charge in [-0.05, 0) is 49.9 Å². The van der Waals surface area contributed by atoms with Crippen LogP contribution in [0.5, 0.6) is 0 Å². The third-order valence-corrected chi connectivity index (χ3v) is 4.68. The molecule has 1 heterocycles. The Kier molecular flexibility index (Phi) is 6.58. The first kappa shape index (κ1) is 15.6. The van der Waals surface area contributed by atoms with E-state index >= 15 is 0 Å². The van der Waals surface area contributed by atoms with Gasteiger partial charge in [0.1, 0.15) is 0 Å². The average Bonchev–Trinajstić information content (AvgIpc) is 2.89. The van der Waals surface area contributed by atoms with Crippen molar-refractivity contribution in [1.82, 2.24) is 5.32 Å². The van der Waals surface area contributed by atoms with Crippen LogP contribution in [0.15, 0.2) is 42.5 Å². The van der Waals surface area contributed by atoms with Crippen LogP contribution in [0.1, 0.15) is 42.7 Å². The second-order valence-corrected chi connectivity index (χ2v) is 6.82. The lowest BCUT2D eigenvalue weighted by Crippen LogP contribution is -2.22. The summed E-state index contributed by atoms with van der Waals surface area (Å²) in [4.78, 5) is 1.39. The maximum Gasteiger partial charge on any atom is 0.0931 e. The highest BCUT2D eigenvalue weighted by atomic mass is 35.5. The zero-order valence-electron chi connectivity index (χ0n) is 11.9. The number of thiophene rings is 1. The summed E-state index contributed by atoms with van der Waals surface area (Å²) >= 11 is 7.67. The van der Waals surface area contributed by atoms with E-state index in [4.69, 9.17) is 11.6 Å². The lowest BCUT2D eigenvalue weighted by molar-refractivity contribution is 0.485. The van der Waals surface area contributed by atoms with E-state index in [0.717, 1.165) is 17.3 Å². The van der Waals surface area contributed by atoms with Crippen LogP contribution in [0.2, 0.25) is 4.34 Å². The van der Waals surface area contributed by atoms with Crippen LogP contribution in [-0.4, -0.2) is 6.54 Å². The van der Waals surface area contributed by atoms with E-state index in [1.807, 2.05) is 6.07 Å². The summed E-state index contributed by atoms with van der Waals surface area (Å²) in [5.41, 5.74) is 1.39. The molecule has 0 aliphatic rings.